The summed E-state index contributed by atoms with van der Waals surface area (Å²) in [5.41, 5.74) is 1.35. The molecule has 226 valence electrons. The maximum Gasteiger partial charge on any atom is 0.234 e. The van der Waals surface area contributed by atoms with Crippen LogP contribution in [-0.4, -0.2) is 54.5 Å². The number of carbonyl (C=O) groups is 2. The summed E-state index contributed by atoms with van der Waals surface area (Å²) in [6.07, 6.45) is 3.83. The Bertz CT molecular complexity index is 1560. The molecule has 5 aromatic rings. The van der Waals surface area contributed by atoms with Crippen LogP contribution >= 0.6 is 70.1 Å². The molecule has 3 aromatic carbocycles. The second-order valence-electron chi connectivity index (χ2n) is 8.49. The number of rotatable bonds is 14. The number of nitrogens with zero attached hydrogens (tertiary/aromatic N) is 4. The van der Waals surface area contributed by atoms with Crippen LogP contribution < -0.4 is 20.1 Å². The summed E-state index contributed by atoms with van der Waals surface area (Å²) in [5.74, 6) is 2.81. The zero-order valence-electron chi connectivity index (χ0n) is 23.2. The number of nitrogens with one attached hydrogen (secondary N) is 2. The van der Waals surface area contributed by atoms with Crippen molar-refractivity contribution in [3.8, 4) is 23.0 Å². The summed E-state index contributed by atoms with van der Waals surface area (Å²) >= 11 is 8.25. The average molecular weight is 701 g/mol. The lowest BCUT2D eigenvalue weighted by atomic mass is 10.3. The van der Waals surface area contributed by atoms with Crippen molar-refractivity contribution in [1.82, 2.24) is 18.7 Å². The van der Waals surface area contributed by atoms with E-state index in [9.17, 15) is 9.59 Å². The van der Waals surface area contributed by atoms with Crippen molar-refractivity contribution in [2.24, 2.45) is 0 Å². The van der Waals surface area contributed by atoms with Gasteiger partial charge in [0, 0.05) is 11.4 Å². The molecule has 2 aromatic heterocycles. The summed E-state index contributed by atoms with van der Waals surface area (Å²) in [6, 6.07) is 21.6. The van der Waals surface area contributed by atoms with E-state index in [1.54, 1.807) is 48.5 Å². The molecule has 0 aliphatic carbocycles. The predicted octanol–water partition coefficient (Wildman–Crippen LogP) is 7.88. The highest BCUT2D eigenvalue weighted by molar-refractivity contribution is 8.02. The highest BCUT2D eigenvalue weighted by Gasteiger charge is 2.10. The van der Waals surface area contributed by atoms with Crippen LogP contribution in [-0.2, 0) is 9.59 Å². The second kappa shape index (κ2) is 16.2. The van der Waals surface area contributed by atoms with Crippen LogP contribution in [0.1, 0.15) is 0 Å². The van der Waals surface area contributed by atoms with Gasteiger partial charge in [0.1, 0.15) is 23.0 Å². The standard InChI is InChI=1S/C28H24N6O4S6/c1-39-25-31-27(43-33-25)41-15-23(35)29-17-3-7-19(8-4-17)37-21-11-13-22(14-12-21)38-20-9-5-18(6-10-20)30-24(36)16-42-28-32-26(40-2)34-44-28/h3-14H,15-16H2,1-2H3,(H,29,35)(H,30,36). The molecule has 16 heteroatoms. The number of benzene rings is 3. The first-order valence-corrected chi connectivity index (χ1v) is 18.7. The third-order valence-corrected chi connectivity index (χ3v) is 10.4. The number of carbonyl (C=O) groups excluding carboxylic acids is 2. The molecule has 0 saturated heterocycles. The number of hydrogen-bond acceptors (Lipinski definition) is 14. The zero-order chi connectivity index (χ0) is 30.7. The van der Waals surface area contributed by atoms with Crippen molar-refractivity contribution < 1.29 is 19.1 Å². The minimum atomic E-state index is -0.121. The van der Waals surface area contributed by atoms with Crippen molar-refractivity contribution in [3.63, 3.8) is 0 Å². The van der Waals surface area contributed by atoms with Gasteiger partial charge < -0.3 is 20.1 Å². The Morgan fingerprint density at radius 2 is 0.955 bits per heavy atom. The van der Waals surface area contributed by atoms with Gasteiger partial charge >= 0.3 is 0 Å². The van der Waals surface area contributed by atoms with E-state index in [2.05, 4.69) is 29.3 Å². The lowest BCUT2D eigenvalue weighted by Crippen LogP contribution is -2.13. The van der Waals surface area contributed by atoms with Crippen LogP contribution in [0, 0.1) is 0 Å². The molecule has 44 heavy (non-hydrogen) atoms. The van der Waals surface area contributed by atoms with Gasteiger partial charge in [-0.1, -0.05) is 47.0 Å². The van der Waals surface area contributed by atoms with E-state index in [1.165, 1.54) is 70.1 Å². The van der Waals surface area contributed by atoms with Gasteiger partial charge in [0.05, 0.1) is 11.5 Å². The van der Waals surface area contributed by atoms with Crippen molar-refractivity contribution in [1.29, 1.82) is 0 Å². The maximum atomic E-state index is 12.3. The van der Waals surface area contributed by atoms with Crippen molar-refractivity contribution in [2.45, 2.75) is 19.0 Å². The molecule has 10 nitrogen and oxygen atoms in total. The molecule has 2 N–H and O–H groups in total. The monoisotopic (exact) mass is 700 g/mol. The van der Waals surface area contributed by atoms with Crippen molar-refractivity contribution in [2.75, 3.05) is 34.7 Å². The Morgan fingerprint density at radius 3 is 1.27 bits per heavy atom. The molecule has 0 unspecified atom stereocenters. The van der Waals surface area contributed by atoms with Crippen molar-refractivity contribution in [3.05, 3.63) is 72.8 Å². The largest absolute Gasteiger partial charge is 0.457 e. The van der Waals surface area contributed by atoms with E-state index < -0.39 is 0 Å². The second-order valence-corrected chi connectivity index (χ2v) is 14.0. The summed E-state index contributed by atoms with van der Waals surface area (Å²) in [7, 11) is 0. The number of thioether (sulfide) groups is 4. The van der Waals surface area contributed by atoms with Gasteiger partial charge in [-0.25, -0.2) is 9.97 Å². The first-order valence-electron chi connectivity index (χ1n) is 12.7. The van der Waals surface area contributed by atoms with E-state index in [-0.39, 0.29) is 23.3 Å². The summed E-state index contributed by atoms with van der Waals surface area (Å²) < 4.78 is 21.8. The topological polar surface area (TPSA) is 128 Å². The third-order valence-electron chi connectivity index (χ3n) is 5.37. The smallest absolute Gasteiger partial charge is 0.234 e. The van der Waals surface area contributed by atoms with Gasteiger partial charge in [0.15, 0.2) is 8.68 Å². The molecule has 0 aliphatic rings. The summed E-state index contributed by atoms with van der Waals surface area (Å²) in [6.45, 7) is 0. The Morgan fingerprint density at radius 1 is 0.614 bits per heavy atom. The fourth-order valence-corrected chi connectivity index (χ4v) is 7.41. The minimum absolute atomic E-state index is 0.121. The van der Waals surface area contributed by atoms with E-state index in [1.807, 2.05) is 36.8 Å². The number of amides is 2. The van der Waals surface area contributed by atoms with Gasteiger partial charge in [-0.2, -0.15) is 8.75 Å². The van der Waals surface area contributed by atoms with Gasteiger partial charge in [-0.05, 0) is 108 Å². The number of aromatic nitrogens is 4. The maximum absolute atomic E-state index is 12.3. The molecule has 5 rings (SSSR count). The first kappa shape index (κ1) is 32.1. The van der Waals surface area contributed by atoms with Crippen LogP contribution in [0.3, 0.4) is 0 Å². The normalized spacial score (nSPS) is 10.8. The number of anilines is 2. The Balaban J connectivity index is 1.04. The first-order chi connectivity index (χ1) is 21.4. The van der Waals surface area contributed by atoms with Gasteiger partial charge in [0.2, 0.25) is 22.1 Å². The molecule has 0 atom stereocenters. The van der Waals surface area contributed by atoms with Crippen LogP contribution in [0.5, 0.6) is 23.0 Å². The van der Waals surface area contributed by atoms with Gasteiger partial charge in [-0.15, -0.1) is 0 Å². The minimum Gasteiger partial charge on any atom is -0.457 e. The highest BCUT2D eigenvalue weighted by Crippen LogP contribution is 2.29. The number of hydrogen-bond donors (Lipinski definition) is 2. The lowest BCUT2D eigenvalue weighted by molar-refractivity contribution is -0.114. The molecule has 0 aliphatic heterocycles. The van der Waals surface area contributed by atoms with E-state index in [4.69, 9.17) is 9.47 Å². The molecule has 0 fully saturated rings. The summed E-state index contributed by atoms with van der Waals surface area (Å²) in [5, 5.41) is 7.18. The molecule has 0 bridgehead atoms. The van der Waals surface area contributed by atoms with Crippen molar-refractivity contribution >= 4 is 93.3 Å². The van der Waals surface area contributed by atoms with Crippen LogP contribution in [0.2, 0.25) is 0 Å². The molecule has 2 amide bonds. The number of ether oxygens (including phenoxy) is 2. The Kier molecular flexibility index (Phi) is 11.8. The third kappa shape index (κ3) is 9.87. The van der Waals surface area contributed by atoms with Crippen LogP contribution in [0.15, 0.2) is 91.8 Å². The van der Waals surface area contributed by atoms with E-state index in [0.717, 1.165) is 8.68 Å². The molecule has 0 spiro atoms. The molecule has 0 radical (unpaired) electrons. The fourth-order valence-electron chi connectivity index (χ4n) is 3.39. The molecule has 2 heterocycles. The van der Waals surface area contributed by atoms with Crippen LogP contribution in [0.4, 0.5) is 11.4 Å². The van der Waals surface area contributed by atoms with Crippen LogP contribution in [0.25, 0.3) is 0 Å². The fraction of sp³-hybridized carbons (Fsp3) is 0.143. The molecule has 0 saturated carbocycles. The SMILES string of the molecule is CSc1nsc(SCC(=O)Nc2ccc(Oc3ccc(Oc4ccc(NC(=O)CSc5nc(SC)ns5)cc4)cc3)cc2)n1. The summed E-state index contributed by atoms with van der Waals surface area (Å²) in [4.78, 5) is 33.2. The highest BCUT2D eigenvalue weighted by atomic mass is 32.2. The Hall–Kier alpha value is -3.28. The molecular formula is C28H24N6O4S6. The zero-order valence-corrected chi connectivity index (χ0v) is 28.1. The Labute approximate surface area is 278 Å². The lowest BCUT2D eigenvalue weighted by Gasteiger charge is -2.10. The van der Waals surface area contributed by atoms with Gasteiger partial charge in [0.25, 0.3) is 0 Å². The van der Waals surface area contributed by atoms with E-state index in [0.29, 0.717) is 44.7 Å². The van der Waals surface area contributed by atoms with Gasteiger partial charge in [-0.3, -0.25) is 9.59 Å². The average Bonchev–Trinajstić information content (AvgIpc) is 3.71. The molecular weight excluding hydrogens is 677 g/mol. The van der Waals surface area contributed by atoms with E-state index >= 15 is 0 Å². The predicted molar refractivity (Wildman–Crippen MR) is 182 cm³/mol. The quantitative estimate of drug-likeness (QED) is 0.109.